The Morgan fingerprint density at radius 1 is 1.12 bits per heavy atom. The van der Waals surface area contributed by atoms with E-state index in [-0.39, 0.29) is 5.75 Å². The summed E-state index contributed by atoms with van der Waals surface area (Å²) in [5, 5.41) is 18.3. The molecule has 0 unspecified atom stereocenters. The van der Waals surface area contributed by atoms with Gasteiger partial charge >= 0.3 is 0 Å². The summed E-state index contributed by atoms with van der Waals surface area (Å²) in [4.78, 5) is 1.09. The van der Waals surface area contributed by atoms with Crippen molar-refractivity contribution in [3.63, 3.8) is 0 Å². The maximum atomic E-state index is 9.25. The predicted molar refractivity (Wildman–Crippen MR) is 69.4 cm³/mol. The van der Waals surface area contributed by atoms with Gasteiger partial charge in [0.15, 0.2) is 0 Å². The maximum absolute atomic E-state index is 9.25. The Morgan fingerprint density at radius 2 is 1.88 bits per heavy atom. The summed E-state index contributed by atoms with van der Waals surface area (Å²) in [5.74, 6) is 1.18. The Kier molecular flexibility index (Phi) is 6.69. The Labute approximate surface area is 106 Å². The van der Waals surface area contributed by atoms with Gasteiger partial charge in [0, 0.05) is 11.5 Å². The van der Waals surface area contributed by atoms with Crippen LogP contribution in [0.3, 0.4) is 0 Å². The minimum Gasteiger partial charge on any atom is -0.506 e. The summed E-state index contributed by atoms with van der Waals surface area (Å²) in [6.45, 7) is 0.292. The third-order valence-electron chi connectivity index (χ3n) is 2.24. The second-order valence-electron chi connectivity index (χ2n) is 3.60. The summed E-state index contributed by atoms with van der Waals surface area (Å²) < 4.78 is 0. The fourth-order valence-corrected chi connectivity index (χ4v) is 2.53. The second-order valence-corrected chi connectivity index (χ2v) is 5.18. The van der Waals surface area contributed by atoms with Gasteiger partial charge in [0.05, 0.1) is 5.02 Å². The highest BCUT2D eigenvalue weighted by atomic mass is 35.5. The molecule has 0 spiro atoms. The fraction of sp³-hybridized carbons (Fsp3) is 0.500. The van der Waals surface area contributed by atoms with E-state index in [0.717, 1.165) is 36.3 Å². The van der Waals surface area contributed by atoms with Crippen LogP contribution >= 0.6 is 23.4 Å². The van der Waals surface area contributed by atoms with Crippen molar-refractivity contribution in [1.82, 2.24) is 0 Å². The van der Waals surface area contributed by atoms with Gasteiger partial charge in [-0.3, -0.25) is 0 Å². The molecule has 2 nitrogen and oxygen atoms in total. The molecule has 0 fully saturated rings. The number of hydrogen-bond donors (Lipinski definition) is 2. The molecular weight excluding hydrogens is 244 g/mol. The molecule has 1 aromatic carbocycles. The molecule has 0 amide bonds. The molecule has 0 radical (unpaired) electrons. The molecule has 0 aromatic heterocycles. The summed E-state index contributed by atoms with van der Waals surface area (Å²) in [6, 6.07) is 5.28. The Balaban J connectivity index is 2.19. The molecule has 0 aliphatic carbocycles. The highest BCUT2D eigenvalue weighted by Gasteiger charge is 2.00. The van der Waals surface area contributed by atoms with E-state index in [1.54, 1.807) is 23.9 Å². The lowest BCUT2D eigenvalue weighted by molar-refractivity contribution is 0.283. The number of hydrogen-bond acceptors (Lipinski definition) is 3. The van der Waals surface area contributed by atoms with Crippen LogP contribution in [0.15, 0.2) is 23.1 Å². The molecule has 1 rings (SSSR count). The number of thioether (sulfide) groups is 1. The van der Waals surface area contributed by atoms with Crippen molar-refractivity contribution in [2.45, 2.75) is 30.6 Å². The summed E-state index contributed by atoms with van der Waals surface area (Å²) in [7, 11) is 0. The average Bonchev–Trinajstić information content (AvgIpc) is 2.28. The highest BCUT2D eigenvalue weighted by Crippen LogP contribution is 2.29. The topological polar surface area (TPSA) is 40.5 Å². The maximum Gasteiger partial charge on any atom is 0.134 e. The van der Waals surface area contributed by atoms with E-state index in [0.29, 0.717) is 11.6 Å². The molecule has 0 aliphatic rings. The number of rotatable bonds is 7. The predicted octanol–water partition coefficient (Wildman–Crippen LogP) is 3.69. The number of phenolic OH excluding ortho intramolecular Hbond substituents is 1. The molecule has 0 saturated carbocycles. The lowest BCUT2D eigenvalue weighted by Crippen LogP contribution is -1.85. The van der Waals surface area contributed by atoms with Crippen LogP contribution in [-0.4, -0.2) is 22.6 Å². The number of phenols is 1. The zero-order chi connectivity index (χ0) is 11.8. The number of aliphatic hydroxyl groups is 1. The molecule has 4 heteroatoms. The van der Waals surface area contributed by atoms with Gasteiger partial charge in [-0.05, 0) is 36.8 Å². The zero-order valence-electron chi connectivity index (χ0n) is 9.16. The number of unbranched alkanes of at least 4 members (excludes halogenated alkanes) is 3. The van der Waals surface area contributed by atoms with Crippen molar-refractivity contribution in [3.05, 3.63) is 23.2 Å². The van der Waals surface area contributed by atoms with E-state index >= 15 is 0 Å². The van der Waals surface area contributed by atoms with Crippen LogP contribution in [0.2, 0.25) is 5.02 Å². The molecule has 2 N–H and O–H groups in total. The van der Waals surface area contributed by atoms with Gasteiger partial charge in [-0.2, -0.15) is 0 Å². The first-order valence-corrected chi connectivity index (χ1v) is 6.82. The first kappa shape index (κ1) is 13.7. The minimum absolute atomic E-state index is 0.133. The van der Waals surface area contributed by atoms with Crippen LogP contribution in [0, 0.1) is 0 Å². The van der Waals surface area contributed by atoms with Crippen molar-refractivity contribution < 1.29 is 10.2 Å². The molecule has 0 heterocycles. The van der Waals surface area contributed by atoms with E-state index in [4.69, 9.17) is 16.7 Å². The van der Waals surface area contributed by atoms with Gasteiger partial charge in [0.2, 0.25) is 0 Å². The largest absolute Gasteiger partial charge is 0.506 e. The first-order chi connectivity index (χ1) is 7.74. The highest BCUT2D eigenvalue weighted by molar-refractivity contribution is 7.99. The molecule has 1 aromatic rings. The normalized spacial score (nSPS) is 10.6. The van der Waals surface area contributed by atoms with Crippen LogP contribution in [-0.2, 0) is 0 Å². The average molecular weight is 261 g/mol. The summed E-state index contributed by atoms with van der Waals surface area (Å²) in [6.07, 6.45) is 4.28. The van der Waals surface area contributed by atoms with Gasteiger partial charge in [0.1, 0.15) is 5.75 Å². The van der Waals surface area contributed by atoms with Crippen LogP contribution in [0.25, 0.3) is 0 Å². The van der Waals surface area contributed by atoms with Crippen molar-refractivity contribution in [1.29, 1.82) is 0 Å². The molecule has 16 heavy (non-hydrogen) atoms. The fourth-order valence-electron chi connectivity index (χ4n) is 1.33. The van der Waals surface area contributed by atoms with Gasteiger partial charge in [-0.1, -0.05) is 24.4 Å². The molecule has 90 valence electrons. The van der Waals surface area contributed by atoms with Crippen molar-refractivity contribution in [3.8, 4) is 5.75 Å². The van der Waals surface area contributed by atoms with E-state index in [1.165, 1.54) is 0 Å². The lowest BCUT2D eigenvalue weighted by Gasteiger charge is -2.03. The number of aliphatic hydroxyl groups excluding tert-OH is 1. The van der Waals surface area contributed by atoms with Gasteiger partial charge in [-0.15, -0.1) is 11.8 Å². The summed E-state index contributed by atoms with van der Waals surface area (Å²) >= 11 is 7.55. The Morgan fingerprint density at radius 3 is 2.56 bits per heavy atom. The standard InChI is InChI=1S/C12H17ClO2S/c13-11-9-10(5-6-12(11)15)16-8-4-2-1-3-7-14/h5-6,9,14-15H,1-4,7-8H2. The second kappa shape index (κ2) is 7.82. The van der Waals surface area contributed by atoms with Crippen molar-refractivity contribution in [2.24, 2.45) is 0 Å². The number of halogens is 1. The Hall–Kier alpha value is -0.380. The quantitative estimate of drug-likeness (QED) is 0.580. The monoisotopic (exact) mass is 260 g/mol. The third-order valence-corrected chi connectivity index (χ3v) is 3.62. The third kappa shape index (κ3) is 5.10. The van der Waals surface area contributed by atoms with Gasteiger partial charge in [-0.25, -0.2) is 0 Å². The molecular formula is C12H17ClO2S. The van der Waals surface area contributed by atoms with Crippen molar-refractivity contribution in [2.75, 3.05) is 12.4 Å². The molecule has 0 aliphatic heterocycles. The smallest absolute Gasteiger partial charge is 0.134 e. The lowest BCUT2D eigenvalue weighted by atomic mass is 10.2. The zero-order valence-corrected chi connectivity index (χ0v) is 10.7. The van der Waals surface area contributed by atoms with Crippen LogP contribution in [0.1, 0.15) is 25.7 Å². The van der Waals surface area contributed by atoms with Crippen molar-refractivity contribution >= 4 is 23.4 Å². The number of aromatic hydroxyl groups is 1. The van der Waals surface area contributed by atoms with Crippen LogP contribution in [0.4, 0.5) is 0 Å². The van der Waals surface area contributed by atoms with E-state index in [1.807, 2.05) is 6.07 Å². The Bertz CT molecular complexity index is 318. The van der Waals surface area contributed by atoms with Crippen LogP contribution < -0.4 is 0 Å². The van der Waals surface area contributed by atoms with E-state index in [2.05, 4.69) is 0 Å². The van der Waals surface area contributed by atoms with E-state index in [9.17, 15) is 5.11 Å². The van der Waals surface area contributed by atoms with Gasteiger partial charge in [0.25, 0.3) is 0 Å². The molecule has 0 bridgehead atoms. The van der Waals surface area contributed by atoms with Crippen LogP contribution in [0.5, 0.6) is 5.75 Å². The SMILES string of the molecule is OCCCCCCSc1ccc(O)c(Cl)c1. The molecule has 0 atom stereocenters. The van der Waals surface area contributed by atoms with E-state index < -0.39 is 0 Å². The minimum atomic E-state index is 0.133. The number of benzene rings is 1. The molecule has 0 saturated heterocycles. The van der Waals surface area contributed by atoms with Gasteiger partial charge < -0.3 is 10.2 Å². The summed E-state index contributed by atoms with van der Waals surface area (Å²) in [5.41, 5.74) is 0. The first-order valence-electron chi connectivity index (χ1n) is 5.46.